The van der Waals surface area contributed by atoms with Crippen LogP contribution in [0.3, 0.4) is 0 Å². The molecule has 472 valence electrons. The van der Waals surface area contributed by atoms with Crippen LogP contribution in [0.4, 0.5) is 0 Å². The van der Waals surface area contributed by atoms with Crippen molar-refractivity contribution < 1.29 is 122 Å². The Kier molecular flexibility index (Phi) is 19.8. The number of methoxy groups -OCH3 is 4. The highest BCUT2D eigenvalue weighted by molar-refractivity contribution is 5.66. The summed E-state index contributed by atoms with van der Waals surface area (Å²) < 4.78 is 93.0. The van der Waals surface area contributed by atoms with Crippen LogP contribution in [0.1, 0.15) is 120 Å². The summed E-state index contributed by atoms with van der Waals surface area (Å²) in [6.07, 6.45) is -17.9. The molecular formula is C57H94O25. The maximum absolute atomic E-state index is 12.8. The lowest BCUT2D eigenvalue weighted by Crippen LogP contribution is -2.78. The zero-order valence-electron chi connectivity index (χ0n) is 49.4. The van der Waals surface area contributed by atoms with E-state index >= 15 is 0 Å². The molecule has 31 atom stereocenters. The average molecular weight is 1180 g/mol. The van der Waals surface area contributed by atoms with Crippen LogP contribution in [0, 0.1) is 16.7 Å². The van der Waals surface area contributed by atoms with Crippen LogP contribution in [0.2, 0.25) is 0 Å². The number of aliphatic hydroxyl groups excluding tert-OH is 6. The SMILES string of the molecule is CO[C@H]1[C@@H](O)[C@H](O[C@@H]2[C@@H](C)O[C@@H](O[C@H]3[C@@H](OC)C[C@H](O[C@H]4[C@@H](OC)C[C@H](O[C@H]5CC[C@@]6(C)C(=CC[C@]7(O)[C@@H]6CC(OC(C)=O)[C@@]6(C)[C@]7(O)CC[C@]6(O)C(C)O)C5)O[C@@H]4C)O[C@@H]3C)C[C@H]2OC)O[C@H](C)[C@H]1O[C@@H]1O[C@H](CO)[C@@H](O)[C@H](O)[C@H]1O. The summed E-state index contributed by atoms with van der Waals surface area (Å²) >= 11 is 0. The van der Waals surface area contributed by atoms with Gasteiger partial charge in [0.1, 0.15) is 83.9 Å². The van der Waals surface area contributed by atoms with E-state index in [0.29, 0.717) is 32.1 Å². The van der Waals surface area contributed by atoms with E-state index in [1.54, 1.807) is 35.0 Å². The van der Waals surface area contributed by atoms with Gasteiger partial charge in [0.2, 0.25) is 0 Å². The molecule has 5 aliphatic heterocycles. The van der Waals surface area contributed by atoms with Crippen molar-refractivity contribution in [3.8, 4) is 0 Å². The van der Waals surface area contributed by atoms with Gasteiger partial charge in [-0.15, -0.1) is 0 Å². The first-order valence-corrected chi connectivity index (χ1v) is 29.4. The summed E-state index contributed by atoms with van der Waals surface area (Å²) in [5, 5.41) is 101. The van der Waals surface area contributed by atoms with Crippen LogP contribution < -0.4 is 0 Å². The lowest BCUT2D eigenvalue weighted by Gasteiger charge is -2.67. The Bertz CT molecular complexity index is 2190. The van der Waals surface area contributed by atoms with Gasteiger partial charge in [-0.25, -0.2) is 0 Å². The van der Waals surface area contributed by atoms with Crippen LogP contribution in [0.15, 0.2) is 11.6 Å². The van der Waals surface area contributed by atoms with Crippen LogP contribution in [-0.4, -0.2) is 257 Å². The van der Waals surface area contributed by atoms with E-state index in [4.69, 9.17) is 71.1 Å². The van der Waals surface area contributed by atoms with E-state index in [2.05, 4.69) is 6.92 Å². The van der Waals surface area contributed by atoms with Crippen LogP contribution in [0.5, 0.6) is 0 Å². The van der Waals surface area contributed by atoms with Crippen molar-refractivity contribution in [2.45, 2.75) is 290 Å². The number of ether oxygens (including phenoxy) is 15. The molecule has 0 radical (unpaired) electrons. The standard InChI is InChI=1S/C57H94O25/c1-25-46(33(68-9)20-39(72-25)77-32-14-15-53(7)31(19-32)13-16-56(66)37(53)23-38(76-30(6)60)54(8)55(65,29(5)59)17-18-57(54,56)67)79-40-21-34(69-10)47(26(2)73-40)80-41-22-35(70-11)48(27(3)74-41)81-52-45(64)50(71-12)49(28(4)75-52)82-51-44(63)43(62)42(61)36(24-58)78-51/h13,25-29,32-52,58-59,61-67H,14-24H2,1-12H3/t25-,26-,27-,28-,29?,32+,33+,34+,35-,36-,37-,38?,39+,40+,41+,42-,43+,44-,45-,46-,47-,48-,49-,50+,51+,52+,53+,54-,55+,56+,57-/m1/s1. The first-order valence-electron chi connectivity index (χ1n) is 29.4. The van der Waals surface area contributed by atoms with Crippen molar-refractivity contribution in [1.29, 1.82) is 0 Å². The van der Waals surface area contributed by atoms with Gasteiger partial charge >= 0.3 is 5.97 Å². The molecule has 3 saturated carbocycles. The molecule has 25 nitrogen and oxygen atoms in total. The van der Waals surface area contributed by atoms with Gasteiger partial charge < -0.3 is 117 Å². The Morgan fingerprint density at radius 1 is 0.634 bits per heavy atom. The molecule has 9 aliphatic rings. The van der Waals surface area contributed by atoms with Crippen molar-refractivity contribution in [3.63, 3.8) is 0 Å². The van der Waals surface area contributed by atoms with Gasteiger partial charge in [0.25, 0.3) is 0 Å². The number of aliphatic hydroxyl groups is 9. The summed E-state index contributed by atoms with van der Waals surface area (Å²) in [5.74, 6) is -1.10. The van der Waals surface area contributed by atoms with Gasteiger partial charge in [0.05, 0.1) is 67.0 Å². The van der Waals surface area contributed by atoms with Gasteiger partial charge in [-0.05, 0) is 85.0 Å². The highest BCUT2D eigenvalue weighted by Gasteiger charge is 2.81. The minimum atomic E-state index is -1.87. The fourth-order valence-electron chi connectivity index (χ4n) is 16.0. The highest BCUT2D eigenvalue weighted by atomic mass is 16.8. The summed E-state index contributed by atoms with van der Waals surface area (Å²) in [4.78, 5) is 12.6. The molecule has 9 N–H and O–H groups in total. The zero-order chi connectivity index (χ0) is 59.8. The van der Waals surface area contributed by atoms with E-state index < -0.39 is 194 Å². The lowest BCUT2D eigenvalue weighted by atomic mass is 9.42. The average Bonchev–Trinajstić information content (AvgIpc) is 3.91. The number of esters is 1. The number of fused-ring (bicyclic) bond motifs is 5. The number of hydrogen-bond acceptors (Lipinski definition) is 25. The van der Waals surface area contributed by atoms with E-state index in [1.165, 1.54) is 28.1 Å². The summed E-state index contributed by atoms with van der Waals surface area (Å²) in [7, 11) is 6.11. The van der Waals surface area contributed by atoms with Crippen LogP contribution in [0.25, 0.3) is 0 Å². The Morgan fingerprint density at radius 3 is 1.66 bits per heavy atom. The maximum atomic E-state index is 12.8. The Labute approximate surface area is 479 Å². The monoisotopic (exact) mass is 1180 g/mol. The first-order chi connectivity index (χ1) is 38.7. The van der Waals surface area contributed by atoms with E-state index in [0.717, 1.165) is 5.57 Å². The van der Waals surface area contributed by atoms with Crippen molar-refractivity contribution in [2.24, 2.45) is 16.7 Å². The van der Waals surface area contributed by atoms with E-state index in [9.17, 15) is 50.8 Å². The van der Waals surface area contributed by atoms with Gasteiger partial charge in [-0.2, -0.15) is 0 Å². The molecule has 0 amide bonds. The van der Waals surface area contributed by atoms with Gasteiger partial charge in [0, 0.05) is 60.5 Å². The van der Waals surface area contributed by atoms with Gasteiger partial charge in [-0.3, -0.25) is 4.79 Å². The summed E-state index contributed by atoms with van der Waals surface area (Å²) in [5.41, 5.74) is -6.43. The molecule has 5 saturated heterocycles. The predicted octanol–water partition coefficient (Wildman–Crippen LogP) is 0.129. The number of carbonyl (C=O) groups is 1. The fraction of sp³-hybridized carbons (Fsp3) is 0.947. The minimum absolute atomic E-state index is 0.0226. The van der Waals surface area contributed by atoms with Crippen molar-refractivity contribution in [2.75, 3.05) is 35.0 Å². The number of hydrogen-bond donors (Lipinski definition) is 9. The van der Waals surface area contributed by atoms with Crippen molar-refractivity contribution in [1.82, 2.24) is 0 Å². The van der Waals surface area contributed by atoms with Gasteiger partial charge in [0.15, 0.2) is 31.5 Å². The Hall–Kier alpha value is -1.71. The third-order valence-electron chi connectivity index (χ3n) is 20.8. The minimum Gasteiger partial charge on any atom is -0.462 e. The third-order valence-corrected chi connectivity index (χ3v) is 20.8. The van der Waals surface area contributed by atoms with Gasteiger partial charge in [-0.1, -0.05) is 25.5 Å². The Balaban J connectivity index is 0.774. The molecule has 8 fully saturated rings. The second-order valence-electron chi connectivity index (χ2n) is 25.2. The molecule has 9 rings (SSSR count). The molecule has 5 heterocycles. The van der Waals surface area contributed by atoms with Crippen LogP contribution >= 0.6 is 0 Å². The summed E-state index contributed by atoms with van der Waals surface area (Å²) in [6, 6.07) is 0. The normalized spacial score (nSPS) is 52.9. The van der Waals surface area contributed by atoms with Crippen molar-refractivity contribution in [3.05, 3.63) is 11.6 Å². The highest BCUT2D eigenvalue weighted by Crippen LogP contribution is 2.71. The predicted molar refractivity (Wildman–Crippen MR) is 281 cm³/mol. The quantitative estimate of drug-likeness (QED) is 0.0690. The summed E-state index contributed by atoms with van der Waals surface area (Å²) in [6.45, 7) is 13.1. The molecule has 0 aromatic carbocycles. The number of carbonyl (C=O) groups excluding carboxylic acids is 1. The van der Waals surface area contributed by atoms with Crippen LogP contribution in [-0.2, 0) is 75.8 Å². The fourth-order valence-corrected chi connectivity index (χ4v) is 16.0. The molecule has 0 spiro atoms. The molecular weight excluding hydrogens is 1080 g/mol. The first kappa shape index (κ1) is 64.8. The molecule has 0 bridgehead atoms. The molecule has 25 heteroatoms. The van der Waals surface area contributed by atoms with Crippen molar-refractivity contribution >= 4 is 5.97 Å². The third kappa shape index (κ3) is 11.2. The van der Waals surface area contributed by atoms with E-state index in [-0.39, 0.29) is 38.2 Å². The second-order valence-corrected chi connectivity index (χ2v) is 25.2. The largest absolute Gasteiger partial charge is 0.462 e. The topological polar surface area (TPSA) is 338 Å². The molecule has 2 unspecified atom stereocenters. The zero-order valence-corrected chi connectivity index (χ0v) is 49.4. The smallest absolute Gasteiger partial charge is 0.302 e. The molecule has 0 aromatic rings. The lowest BCUT2D eigenvalue weighted by molar-refractivity contribution is -0.374. The Morgan fingerprint density at radius 2 is 1.15 bits per heavy atom. The number of rotatable bonds is 17. The second kappa shape index (κ2) is 25.0. The molecule has 4 aliphatic carbocycles. The molecule has 0 aromatic heterocycles. The van der Waals surface area contributed by atoms with E-state index in [1.807, 2.05) is 19.9 Å². The molecule has 82 heavy (non-hydrogen) atoms. The maximum Gasteiger partial charge on any atom is 0.302 e.